The van der Waals surface area contributed by atoms with Gasteiger partial charge in [0.15, 0.2) is 0 Å². The second kappa shape index (κ2) is 13.0. The van der Waals surface area contributed by atoms with Crippen molar-refractivity contribution in [2.24, 2.45) is 0 Å². The first kappa shape index (κ1) is 27.9. The lowest BCUT2D eigenvalue weighted by atomic mass is 10.0. The summed E-state index contributed by atoms with van der Waals surface area (Å²) in [4.78, 5) is 28.9. The summed E-state index contributed by atoms with van der Waals surface area (Å²) in [7, 11) is 6.30. The molecule has 0 spiro atoms. The van der Waals surface area contributed by atoms with E-state index in [4.69, 9.17) is 29.4 Å². The van der Waals surface area contributed by atoms with Crippen molar-refractivity contribution in [3.63, 3.8) is 0 Å². The number of cyclic esters (lactones) is 1. The summed E-state index contributed by atoms with van der Waals surface area (Å²) in [6.07, 6.45) is 2.48. The normalized spacial score (nSPS) is 14.1. The van der Waals surface area contributed by atoms with Gasteiger partial charge in [0.1, 0.15) is 29.1 Å². The molecule has 38 heavy (non-hydrogen) atoms. The Hall–Kier alpha value is -4.67. The highest BCUT2D eigenvalue weighted by atomic mass is 16.6. The maximum Gasteiger partial charge on any atom is 0.414 e. The van der Waals surface area contributed by atoms with Crippen LogP contribution >= 0.6 is 0 Å². The van der Waals surface area contributed by atoms with Gasteiger partial charge in [-0.3, -0.25) is 14.7 Å². The molecule has 1 saturated heterocycles. The van der Waals surface area contributed by atoms with Crippen molar-refractivity contribution in [1.82, 2.24) is 10.3 Å². The smallest absolute Gasteiger partial charge is 0.414 e. The summed E-state index contributed by atoms with van der Waals surface area (Å²) in [6, 6.07) is 12.5. The number of nitrogens with zero attached hydrogens (tertiary/aromatic N) is 2. The Morgan fingerprint density at radius 3 is 2.08 bits per heavy atom. The Balaban J connectivity index is 0.000000304. The molecule has 2 aromatic carbocycles. The number of hydrogen-bond acceptors (Lipinski definition) is 9. The molecule has 0 aliphatic carbocycles. The molecular formula is C27H32N4O7. The van der Waals surface area contributed by atoms with E-state index in [9.17, 15) is 9.59 Å². The van der Waals surface area contributed by atoms with Gasteiger partial charge in [-0.15, -0.1) is 0 Å². The number of methoxy groups -OCH3 is 4. The number of carbonyl (C=O) groups excluding carboxylic acids is 2. The molecule has 1 atom stereocenters. The zero-order chi connectivity index (χ0) is 27.7. The van der Waals surface area contributed by atoms with E-state index >= 15 is 0 Å². The summed E-state index contributed by atoms with van der Waals surface area (Å²) in [5, 5.41) is 2.66. The molecule has 11 nitrogen and oxygen atoms in total. The van der Waals surface area contributed by atoms with Gasteiger partial charge in [-0.1, -0.05) is 0 Å². The van der Waals surface area contributed by atoms with Crippen LogP contribution in [0.1, 0.15) is 6.92 Å². The average Bonchev–Trinajstić information content (AvgIpc) is 3.31. The molecule has 3 aromatic rings. The molecule has 0 radical (unpaired) electrons. The van der Waals surface area contributed by atoms with Gasteiger partial charge >= 0.3 is 6.09 Å². The first-order chi connectivity index (χ1) is 18.3. The predicted molar refractivity (Wildman–Crippen MR) is 143 cm³/mol. The zero-order valence-electron chi connectivity index (χ0n) is 22.0. The van der Waals surface area contributed by atoms with Crippen molar-refractivity contribution in [2.45, 2.75) is 13.0 Å². The van der Waals surface area contributed by atoms with Gasteiger partial charge in [0.05, 0.1) is 52.8 Å². The third kappa shape index (κ3) is 6.96. The number of ether oxygens (including phenoxy) is 5. The standard InChI is InChI=1S/C19H21N3O5.C8H11NO2/c1-12(23)21-10-15-11-22(19(24)27-15)14-8-16(25-2)18(17(9-14)26-3)13-4-6-20-7-5-13;1-10-7-3-6(9)4-8(5-7)11-2/h4-9,15H,10-11H2,1-3H3,(H,21,23);3-5H,9H2,1-2H3. The predicted octanol–water partition coefficient (Wildman–Crippen LogP) is 3.51. The van der Waals surface area contributed by atoms with Gasteiger partial charge < -0.3 is 34.7 Å². The van der Waals surface area contributed by atoms with Crippen LogP contribution in [0.15, 0.2) is 54.9 Å². The van der Waals surface area contributed by atoms with Crippen molar-refractivity contribution in [3.05, 3.63) is 54.9 Å². The van der Waals surface area contributed by atoms with Gasteiger partial charge in [-0.2, -0.15) is 0 Å². The van der Waals surface area contributed by atoms with Crippen LogP contribution in [-0.4, -0.2) is 64.6 Å². The number of rotatable bonds is 8. The minimum Gasteiger partial charge on any atom is -0.497 e. The molecule has 1 aliphatic rings. The minimum absolute atomic E-state index is 0.172. The molecule has 3 N–H and O–H groups in total. The first-order valence-electron chi connectivity index (χ1n) is 11.7. The van der Waals surface area contributed by atoms with Gasteiger partial charge in [0, 0.05) is 55.3 Å². The van der Waals surface area contributed by atoms with Crippen LogP contribution in [0.5, 0.6) is 23.0 Å². The molecule has 1 aliphatic heterocycles. The van der Waals surface area contributed by atoms with Crippen molar-refractivity contribution in [2.75, 3.05) is 52.2 Å². The van der Waals surface area contributed by atoms with E-state index in [-0.39, 0.29) is 12.5 Å². The van der Waals surface area contributed by atoms with Crippen LogP contribution < -0.4 is 34.9 Å². The summed E-state index contributed by atoms with van der Waals surface area (Å²) < 4.78 is 26.4. The molecule has 2 amide bonds. The Morgan fingerprint density at radius 1 is 1.00 bits per heavy atom. The third-order valence-corrected chi connectivity index (χ3v) is 5.60. The monoisotopic (exact) mass is 524 g/mol. The first-order valence-corrected chi connectivity index (χ1v) is 11.7. The van der Waals surface area contributed by atoms with Crippen molar-refractivity contribution < 1.29 is 33.3 Å². The van der Waals surface area contributed by atoms with Crippen LogP contribution in [0.2, 0.25) is 0 Å². The van der Waals surface area contributed by atoms with Gasteiger partial charge in [0.2, 0.25) is 5.91 Å². The molecule has 11 heteroatoms. The maximum absolute atomic E-state index is 12.3. The van der Waals surface area contributed by atoms with Crippen molar-refractivity contribution in [1.29, 1.82) is 0 Å². The molecule has 2 heterocycles. The largest absolute Gasteiger partial charge is 0.497 e. The fourth-order valence-corrected chi connectivity index (χ4v) is 3.78. The number of pyridine rings is 1. The van der Waals surface area contributed by atoms with Crippen LogP contribution in [0.25, 0.3) is 11.1 Å². The van der Waals surface area contributed by atoms with Gasteiger partial charge in [0.25, 0.3) is 0 Å². The Kier molecular flexibility index (Phi) is 9.58. The second-order valence-corrected chi connectivity index (χ2v) is 8.16. The summed E-state index contributed by atoms with van der Waals surface area (Å²) in [5.74, 6) is 2.38. The lowest BCUT2D eigenvalue weighted by Gasteiger charge is -2.19. The van der Waals surface area contributed by atoms with E-state index in [0.29, 0.717) is 40.9 Å². The summed E-state index contributed by atoms with van der Waals surface area (Å²) in [5.41, 5.74) is 8.44. The van der Waals surface area contributed by atoms with E-state index in [1.54, 1.807) is 71.2 Å². The maximum atomic E-state index is 12.3. The summed E-state index contributed by atoms with van der Waals surface area (Å²) >= 11 is 0. The number of carbonyl (C=O) groups is 2. The highest BCUT2D eigenvalue weighted by Gasteiger charge is 2.33. The number of hydrogen-bond donors (Lipinski definition) is 2. The van der Waals surface area contributed by atoms with Crippen molar-refractivity contribution >= 4 is 23.4 Å². The van der Waals surface area contributed by atoms with E-state index in [2.05, 4.69) is 10.3 Å². The number of nitrogens with one attached hydrogen (secondary N) is 1. The molecule has 202 valence electrons. The quantitative estimate of drug-likeness (QED) is 0.425. The van der Waals surface area contributed by atoms with Gasteiger partial charge in [-0.05, 0) is 17.7 Å². The number of amides is 2. The van der Waals surface area contributed by atoms with E-state index in [0.717, 1.165) is 11.1 Å². The van der Waals surface area contributed by atoms with Gasteiger partial charge in [-0.25, -0.2) is 4.79 Å². The van der Waals surface area contributed by atoms with E-state index in [1.165, 1.54) is 11.8 Å². The molecule has 1 fully saturated rings. The van der Waals surface area contributed by atoms with Crippen LogP contribution in [0.3, 0.4) is 0 Å². The highest BCUT2D eigenvalue weighted by molar-refractivity contribution is 5.92. The van der Waals surface area contributed by atoms with Crippen LogP contribution in [0.4, 0.5) is 16.2 Å². The summed E-state index contributed by atoms with van der Waals surface area (Å²) in [6.45, 7) is 2.00. The fourth-order valence-electron chi connectivity index (χ4n) is 3.78. The Bertz CT molecular complexity index is 1210. The minimum atomic E-state index is -0.480. The second-order valence-electron chi connectivity index (χ2n) is 8.16. The average molecular weight is 525 g/mol. The third-order valence-electron chi connectivity index (χ3n) is 5.60. The number of benzene rings is 2. The zero-order valence-corrected chi connectivity index (χ0v) is 22.0. The SMILES string of the molecule is COc1cc(N)cc(OC)c1.COc1cc(N2CC(CNC(C)=O)OC2=O)cc(OC)c1-c1ccncc1. The van der Waals surface area contributed by atoms with Crippen molar-refractivity contribution in [3.8, 4) is 34.1 Å². The lowest BCUT2D eigenvalue weighted by molar-refractivity contribution is -0.119. The number of aromatic nitrogens is 1. The molecule has 4 rings (SSSR count). The molecular weight excluding hydrogens is 492 g/mol. The van der Waals surface area contributed by atoms with E-state index in [1.807, 2.05) is 12.1 Å². The van der Waals surface area contributed by atoms with E-state index < -0.39 is 12.2 Å². The van der Waals surface area contributed by atoms with Crippen LogP contribution in [0, 0.1) is 0 Å². The number of nitrogen functional groups attached to an aromatic ring is 1. The molecule has 1 unspecified atom stereocenters. The fraction of sp³-hybridized carbons (Fsp3) is 0.296. The highest BCUT2D eigenvalue weighted by Crippen LogP contribution is 2.42. The molecule has 0 bridgehead atoms. The topological polar surface area (TPSA) is 134 Å². The molecule has 0 saturated carbocycles. The Morgan fingerprint density at radius 2 is 1.58 bits per heavy atom. The Labute approximate surface area is 221 Å². The number of anilines is 2. The molecule has 1 aromatic heterocycles. The number of nitrogens with two attached hydrogens (primary N) is 1. The van der Waals surface area contributed by atoms with Crippen LogP contribution in [-0.2, 0) is 9.53 Å². The lowest BCUT2D eigenvalue weighted by Crippen LogP contribution is -2.33.